The van der Waals surface area contributed by atoms with Crippen LogP contribution in [0.15, 0.2) is 24.3 Å². The Labute approximate surface area is 117 Å². The number of H-pyrrole nitrogens is 1. The second-order valence-corrected chi connectivity index (χ2v) is 4.75. The summed E-state index contributed by atoms with van der Waals surface area (Å²) in [5.41, 5.74) is 0.975. The van der Waals surface area contributed by atoms with Gasteiger partial charge in [-0.2, -0.15) is 4.98 Å². The quantitative estimate of drug-likeness (QED) is 0.873. The number of rotatable bonds is 5. The molecule has 2 aromatic rings. The van der Waals surface area contributed by atoms with Crippen LogP contribution in [-0.2, 0) is 4.74 Å². The summed E-state index contributed by atoms with van der Waals surface area (Å²) >= 11 is 0. The van der Waals surface area contributed by atoms with E-state index in [-0.39, 0.29) is 6.10 Å². The Morgan fingerprint density at radius 3 is 2.95 bits per heavy atom. The molecule has 0 bridgehead atoms. The molecule has 1 aromatic heterocycles. The molecular weight excluding hydrogens is 256 g/mol. The first kappa shape index (κ1) is 12.9. The molecule has 0 saturated carbocycles. The Kier molecular flexibility index (Phi) is 3.83. The first-order valence-corrected chi connectivity index (χ1v) is 6.77. The molecule has 6 nitrogen and oxygen atoms in total. The highest BCUT2D eigenvalue weighted by molar-refractivity contribution is 5.57. The van der Waals surface area contributed by atoms with E-state index in [2.05, 4.69) is 20.5 Å². The largest absolute Gasteiger partial charge is 0.497 e. The highest BCUT2D eigenvalue weighted by atomic mass is 16.5. The van der Waals surface area contributed by atoms with Crippen molar-refractivity contribution in [1.82, 2.24) is 15.2 Å². The topological polar surface area (TPSA) is 72.1 Å². The van der Waals surface area contributed by atoms with Crippen LogP contribution in [0.5, 0.6) is 5.75 Å². The van der Waals surface area contributed by atoms with Crippen molar-refractivity contribution in [3.8, 4) is 17.1 Å². The zero-order valence-electron chi connectivity index (χ0n) is 11.4. The van der Waals surface area contributed by atoms with Crippen LogP contribution in [0.25, 0.3) is 11.4 Å². The van der Waals surface area contributed by atoms with Crippen molar-refractivity contribution >= 4 is 5.95 Å². The molecule has 2 N–H and O–H groups in total. The fourth-order valence-electron chi connectivity index (χ4n) is 2.23. The smallest absolute Gasteiger partial charge is 0.242 e. The molecule has 0 spiro atoms. The maximum absolute atomic E-state index is 5.55. The van der Waals surface area contributed by atoms with Crippen LogP contribution in [0.3, 0.4) is 0 Å². The summed E-state index contributed by atoms with van der Waals surface area (Å²) in [4.78, 5) is 4.42. The third-order valence-corrected chi connectivity index (χ3v) is 3.36. The molecule has 2 heterocycles. The van der Waals surface area contributed by atoms with E-state index in [0.717, 1.165) is 43.1 Å². The van der Waals surface area contributed by atoms with Gasteiger partial charge in [0, 0.05) is 18.7 Å². The van der Waals surface area contributed by atoms with Crippen molar-refractivity contribution in [2.45, 2.75) is 18.9 Å². The van der Waals surface area contributed by atoms with E-state index in [1.54, 1.807) is 7.11 Å². The van der Waals surface area contributed by atoms with E-state index in [1.165, 1.54) is 0 Å². The summed E-state index contributed by atoms with van der Waals surface area (Å²) in [6.45, 7) is 1.61. The van der Waals surface area contributed by atoms with Gasteiger partial charge in [-0.1, -0.05) is 0 Å². The maximum Gasteiger partial charge on any atom is 0.242 e. The molecular formula is C14H18N4O2. The van der Waals surface area contributed by atoms with Crippen molar-refractivity contribution < 1.29 is 9.47 Å². The first-order valence-electron chi connectivity index (χ1n) is 6.77. The highest BCUT2D eigenvalue weighted by Gasteiger charge is 2.15. The lowest BCUT2D eigenvalue weighted by atomic mass is 10.2. The van der Waals surface area contributed by atoms with E-state index in [1.807, 2.05) is 24.3 Å². The van der Waals surface area contributed by atoms with Crippen LogP contribution in [0.2, 0.25) is 0 Å². The maximum atomic E-state index is 5.55. The monoisotopic (exact) mass is 274 g/mol. The molecule has 1 aliphatic heterocycles. The number of ether oxygens (including phenoxy) is 2. The molecule has 0 aliphatic carbocycles. The number of hydrogen-bond acceptors (Lipinski definition) is 5. The van der Waals surface area contributed by atoms with Gasteiger partial charge in [-0.15, -0.1) is 5.10 Å². The molecule has 1 aliphatic rings. The first-order chi connectivity index (χ1) is 9.85. The SMILES string of the molecule is COc1ccc(-c2nc(NCC3CCCO3)n[nH]2)cc1. The van der Waals surface area contributed by atoms with Crippen molar-refractivity contribution in [2.24, 2.45) is 0 Å². The lowest BCUT2D eigenvalue weighted by Gasteiger charge is -2.08. The van der Waals surface area contributed by atoms with Gasteiger partial charge in [0.15, 0.2) is 5.82 Å². The summed E-state index contributed by atoms with van der Waals surface area (Å²) < 4.78 is 10.7. The van der Waals surface area contributed by atoms with Crippen LogP contribution in [0.4, 0.5) is 5.95 Å². The molecule has 1 aromatic carbocycles. The number of benzene rings is 1. The predicted octanol–water partition coefficient (Wildman–Crippen LogP) is 2.07. The minimum absolute atomic E-state index is 0.276. The molecule has 1 fully saturated rings. The summed E-state index contributed by atoms with van der Waals surface area (Å²) in [5.74, 6) is 2.17. The highest BCUT2D eigenvalue weighted by Crippen LogP contribution is 2.20. The van der Waals surface area contributed by atoms with Gasteiger partial charge in [-0.25, -0.2) is 0 Å². The van der Waals surface area contributed by atoms with Crippen LogP contribution in [0.1, 0.15) is 12.8 Å². The molecule has 3 rings (SSSR count). The number of anilines is 1. The Bertz CT molecular complexity index is 547. The lowest BCUT2D eigenvalue weighted by Crippen LogP contribution is -2.18. The van der Waals surface area contributed by atoms with Gasteiger partial charge in [-0.3, -0.25) is 5.10 Å². The number of methoxy groups -OCH3 is 1. The summed E-state index contributed by atoms with van der Waals surface area (Å²) in [5, 5.41) is 10.3. The number of hydrogen-bond donors (Lipinski definition) is 2. The Morgan fingerprint density at radius 1 is 1.40 bits per heavy atom. The zero-order chi connectivity index (χ0) is 13.8. The molecule has 1 unspecified atom stereocenters. The third kappa shape index (κ3) is 2.91. The van der Waals surface area contributed by atoms with Gasteiger partial charge in [0.2, 0.25) is 5.95 Å². The predicted molar refractivity (Wildman–Crippen MR) is 75.8 cm³/mol. The van der Waals surface area contributed by atoms with Gasteiger partial charge in [-0.05, 0) is 37.1 Å². The normalized spacial score (nSPS) is 18.1. The zero-order valence-corrected chi connectivity index (χ0v) is 11.4. The number of nitrogens with one attached hydrogen (secondary N) is 2. The Morgan fingerprint density at radius 2 is 2.25 bits per heavy atom. The Hall–Kier alpha value is -2.08. The second kappa shape index (κ2) is 5.92. The number of nitrogens with zero attached hydrogens (tertiary/aromatic N) is 2. The van der Waals surface area contributed by atoms with Crippen molar-refractivity contribution in [3.05, 3.63) is 24.3 Å². The molecule has 6 heteroatoms. The van der Waals surface area contributed by atoms with Crippen molar-refractivity contribution in [1.29, 1.82) is 0 Å². The van der Waals surface area contributed by atoms with Gasteiger partial charge in [0.05, 0.1) is 13.2 Å². The van der Waals surface area contributed by atoms with Gasteiger partial charge < -0.3 is 14.8 Å². The van der Waals surface area contributed by atoms with Crippen LogP contribution in [0, 0.1) is 0 Å². The lowest BCUT2D eigenvalue weighted by molar-refractivity contribution is 0.120. The van der Waals surface area contributed by atoms with E-state index in [0.29, 0.717) is 5.95 Å². The molecule has 0 amide bonds. The van der Waals surface area contributed by atoms with E-state index in [9.17, 15) is 0 Å². The number of aromatic nitrogens is 3. The van der Waals surface area contributed by atoms with Gasteiger partial charge in [0.1, 0.15) is 5.75 Å². The minimum atomic E-state index is 0.276. The summed E-state index contributed by atoms with van der Waals surface area (Å²) in [6, 6.07) is 7.70. The van der Waals surface area contributed by atoms with Crippen LogP contribution in [-0.4, -0.2) is 41.5 Å². The summed E-state index contributed by atoms with van der Waals surface area (Å²) in [6.07, 6.45) is 2.51. The fraction of sp³-hybridized carbons (Fsp3) is 0.429. The van der Waals surface area contributed by atoms with Crippen LogP contribution >= 0.6 is 0 Å². The third-order valence-electron chi connectivity index (χ3n) is 3.36. The van der Waals surface area contributed by atoms with E-state index in [4.69, 9.17) is 9.47 Å². The molecule has 0 radical (unpaired) electrons. The van der Waals surface area contributed by atoms with E-state index >= 15 is 0 Å². The molecule has 106 valence electrons. The average Bonchev–Trinajstić information content (AvgIpc) is 3.17. The van der Waals surface area contributed by atoms with Crippen LogP contribution < -0.4 is 10.1 Å². The minimum Gasteiger partial charge on any atom is -0.497 e. The second-order valence-electron chi connectivity index (χ2n) is 4.75. The molecule has 1 saturated heterocycles. The van der Waals surface area contributed by atoms with Crippen molar-refractivity contribution in [3.63, 3.8) is 0 Å². The fourth-order valence-corrected chi connectivity index (χ4v) is 2.23. The average molecular weight is 274 g/mol. The standard InChI is InChI=1S/C14H18N4O2/c1-19-11-6-4-10(5-7-11)13-16-14(18-17-13)15-9-12-3-2-8-20-12/h4-7,12H,2-3,8-9H2,1H3,(H2,15,16,17,18). The van der Waals surface area contributed by atoms with Gasteiger partial charge >= 0.3 is 0 Å². The van der Waals surface area contributed by atoms with Gasteiger partial charge in [0.25, 0.3) is 0 Å². The van der Waals surface area contributed by atoms with E-state index < -0.39 is 0 Å². The molecule has 1 atom stereocenters. The summed E-state index contributed by atoms with van der Waals surface area (Å²) in [7, 11) is 1.65. The molecule has 20 heavy (non-hydrogen) atoms. The number of aromatic amines is 1. The van der Waals surface area contributed by atoms with Crippen molar-refractivity contribution in [2.75, 3.05) is 25.6 Å². The Balaban J connectivity index is 1.62.